The van der Waals surface area contributed by atoms with E-state index in [1.165, 1.54) is 94.2 Å². The molecule has 45 heavy (non-hydrogen) atoms. The van der Waals surface area contributed by atoms with Crippen molar-refractivity contribution in [2.45, 2.75) is 84.5 Å². The van der Waals surface area contributed by atoms with E-state index in [1.807, 2.05) is 24.3 Å². The molecular weight excluding hydrogens is 544 g/mol. The second-order valence-corrected chi connectivity index (χ2v) is 12.9. The Morgan fingerprint density at radius 2 is 0.822 bits per heavy atom. The van der Waals surface area contributed by atoms with Crippen LogP contribution < -0.4 is 11.5 Å². The van der Waals surface area contributed by atoms with Gasteiger partial charge in [0.1, 0.15) is 0 Å². The van der Waals surface area contributed by atoms with E-state index in [9.17, 15) is 0 Å². The van der Waals surface area contributed by atoms with Crippen molar-refractivity contribution in [2.75, 3.05) is 11.5 Å². The molecule has 5 rings (SSSR count). The van der Waals surface area contributed by atoms with E-state index < -0.39 is 0 Å². The van der Waals surface area contributed by atoms with Gasteiger partial charge >= 0.3 is 0 Å². The van der Waals surface area contributed by atoms with Crippen molar-refractivity contribution in [2.24, 2.45) is 0 Å². The fraction of sp³-hybridized carbons (Fsp3) is 0.302. The normalized spacial score (nSPS) is 11.2. The maximum Gasteiger partial charge on any atom is 0.0314 e. The third-order valence-corrected chi connectivity index (χ3v) is 9.07. The zero-order valence-corrected chi connectivity index (χ0v) is 27.3. The molecule has 0 heterocycles. The SMILES string of the molecule is CCCCCCCCc1cc(Cc2ccc(Cc3ccc(Cc4ccc(N)cc4)cc3)c(C)c2)ccc1Cc1ccc(N)cc1. The van der Waals surface area contributed by atoms with Gasteiger partial charge in [0.15, 0.2) is 0 Å². The van der Waals surface area contributed by atoms with Gasteiger partial charge < -0.3 is 11.5 Å². The van der Waals surface area contributed by atoms with Crippen molar-refractivity contribution in [3.05, 3.63) is 165 Å². The van der Waals surface area contributed by atoms with Crippen molar-refractivity contribution in [1.29, 1.82) is 0 Å². The fourth-order valence-electron chi connectivity index (χ4n) is 6.31. The van der Waals surface area contributed by atoms with E-state index in [-0.39, 0.29) is 0 Å². The number of nitrogen functional groups attached to an aromatic ring is 2. The van der Waals surface area contributed by atoms with Crippen LogP contribution in [0, 0.1) is 6.92 Å². The zero-order valence-electron chi connectivity index (χ0n) is 27.3. The molecule has 0 radical (unpaired) electrons. The Bertz CT molecular complexity index is 1630. The van der Waals surface area contributed by atoms with Gasteiger partial charge in [0.2, 0.25) is 0 Å². The molecule has 0 aliphatic rings. The molecule has 0 saturated heterocycles. The summed E-state index contributed by atoms with van der Waals surface area (Å²) in [4.78, 5) is 0. The van der Waals surface area contributed by atoms with Gasteiger partial charge in [-0.1, -0.05) is 124 Å². The summed E-state index contributed by atoms with van der Waals surface area (Å²) in [6, 6.07) is 39.8. The van der Waals surface area contributed by atoms with Crippen molar-refractivity contribution >= 4 is 11.4 Å². The molecule has 0 aliphatic heterocycles. The van der Waals surface area contributed by atoms with Gasteiger partial charge in [-0.15, -0.1) is 0 Å². The van der Waals surface area contributed by atoms with Crippen LogP contribution in [0.1, 0.15) is 101 Å². The maximum atomic E-state index is 5.95. The fourth-order valence-corrected chi connectivity index (χ4v) is 6.31. The first kappa shape index (κ1) is 32.1. The average Bonchev–Trinajstić information content (AvgIpc) is 3.04. The molecule has 4 N–H and O–H groups in total. The number of rotatable bonds is 15. The molecule has 0 bridgehead atoms. The lowest BCUT2D eigenvalue weighted by Gasteiger charge is -2.14. The quantitative estimate of drug-likeness (QED) is 0.0936. The average molecular weight is 595 g/mol. The predicted octanol–water partition coefficient (Wildman–Crippen LogP) is 10.4. The van der Waals surface area contributed by atoms with E-state index >= 15 is 0 Å². The van der Waals surface area contributed by atoms with Crippen LogP contribution in [0.3, 0.4) is 0 Å². The third kappa shape index (κ3) is 9.85. The van der Waals surface area contributed by atoms with Gasteiger partial charge in [0.05, 0.1) is 0 Å². The summed E-state index contributed by atoms with van der Waals surface area (Å²) in [6.07, 6.45) is 12.9. The van der Waals surface area contributed by atoms with Gasteiger partial charge in [-0.2, -0.15) is 0 Å². The number of hydrogen-bond acceptors (Lipinski definition) is 2. The molecule has 0 atom stereocenters. The third-order valence-electron chi connectivity index (χ3n) is 9.07. The minimum atomic E-state index is 0.812. The molecule has 0 fully saturated rings. The Balaban J connectivity index is 1.23. The smallest absolute Gasteiger partial charge is 0.0314 e. The lowest BCUT2D eigenvalue weighted by Crippen LogP contribution is -2.00. The zero-order chi connectivity index (χ0) is 31.4. The van der Waals surface area contributed by atoms with Gasteiger partial charge in [-0.25, -0.2) is 0 Å². The Labute approximate surface area is 271 Å². The van der Waals surface area contributed by atoms with Crippen LogP contribution in [0.4, 0.5) is 11.4 Å². The first-order valence-electron chi connectivity index (χ1n) is 16.9. The first-order valence-corrected chi connectivity index (χ1v) is 16.9. The van der Waals surface area contributed by atoms with E-state index in [0.29, 0.717) is 0 Å². The number of hydrogen-bond donors (Lipinski definition) is 2. The molecular formula is C43H50N2. The second-order valence-electron chi connectivity index (χ2n) is 12.9. The van der Waals surface area contributed by atoms with E-state index in [2.05, 4.69) is 98.8 Å². The Kier molecular flexibility index (Phi) is 11.5. The van der Waals surface area contributed by atoms with E-state index in [4.69, 9.17) is 11.5 Å². The highest BCUT2D eigenvalue weighted by Crippen LogP contribution is 2.24. The monoisotopic (exact) mass is 594 g/mol. The molecule has 0 amide bonds. The van der Waals surface area contributed by atoms with Crippen LogP contribution in [-0.4, -0.2) is 0 Å². The van der Waals surface area contributed by atoms with Gasteiger partial charge in [-0.3, -0.25) is 0 Å². The molecule has 0 spiro atoms. The molecule has 5 aromatic rings. The molecule has 0 saturated carbocycles. The summed E-state index contributed by atoms with van der Waals surface area (Å²) in [5.74, 6) is 0. The number of nitrogens with two attached hydrogens (primary N) is 2. The Hall–Kier alpha value is -4.30. The Morgan fingerprint density at radius 1 is 0.400 bits per heavy atom. The molecule has 0 aromatic heterocycles. The highest BCUT2D eigenvalue weighted by atomic mass is 14.5. The van der Waals surface area contributed by atoms with Crippen LogP contribution in [0.25, 0.3) is 0 Å². The molecule has 2 heteroatoms. The summed E-state index contributed by atoms with van der Waals surface area (Å²) in [5.41, 5.74) is 27.2. The molecule has 0 unspecified atom stereocenters. The summed E-state index contributed by atoms with van der Waals surface area (Å²) in [6.45, 7) is 4.54. The maximum absolute atomic E-state index is 5.95. The highest BCUT2D eigenvalue weighted by Gasteiger charge is 2.09. The lowest BCUT2D eigenvalue weighted by atomic mass is 9.91. The van der Waals surface area contributed by atoms with Gasteiger partial charge in [0, 0.05) is 11.4 Å². The van der Waals surface area contributed by atoms with Crippen molar-refractivity contribution in [3.63, 3.8) is 0 Å². The Morgan fingerprint density at radius 3 is 1.40 bits per heavy atom. The predicted molar refractivity (Wildman–Crippen MR) is 194 cm³/mol. The summed E-state index contributed by atoms with van der Waals surface area (Å²) in [7, 11) is 0. The minimum Gasteiger partial charge on any atom is -0.399 e. The second kappa shape index (κ2) is 16.1. The molecule has 2 nitrogen and oxygen atoms in total. The van der Waals surface area contributed by atoms with Crippen molar-refractivity contribution in [1.82, 2.24) is 0 Å². The standard InChI is InChI=1S/C43H50N2/c1-3-4-5-6-7-8-9-40-31-38(15-21-41(40)30-36-18-24-43(45)25-19-36)28-37-14-20-39(32(2)26-37)29-35-12-10-33(11-13-35)27-34-16-22-42(44)23-17-34/h10-26,31H,3-9,27-30,44-45H2,1-2H3. The summed E-state index contributed by atoms with van der Waals surface area (Å²) >= 11 is 0. The van der Waals surface area contributed by atoms with Crippen LogP contribution in [0.2, 0.25) is 0 Å². The number of unbranched alkanes of at least 4 members (excludes halogenated alkanes) is 5. The summed E-state index contributed by atoms with van der Waals surface area (Å²) in [5, 5.41) is 0. The molecule has 232 valence electrons. The molecule has 0 aliphatic carbocycles. The van der Waals surface area contributed by atoms with E-state index in [1.54, 1.807) is 0 Å². The number of benzene rings is 5. The number of anilines is 2. The summed E-state index contributed by atoms with van der Waals surface area (Å²) < 4.78 is 0. The number of aryl methyl sites for hydroxylation is 2. The van der Waals surface area contributed by atoms with Crippen molar-refractivity contribution in [3.8, 4) is 0 Å². The van der Waals surface area contributed by atoms with Crippen LogP contribution in [-0.2, 0) is 32.1 Å². The topological polar surface area (TPSA) is 52.0 Å². The van der Waals surface area contributed by atoms with Crippen molar-refractivity contribution < 1.29 is 0 Å². The van der Waals surface area contributed by atoms with Crippen LogP contribution >= 0.6 is 0 Å². The molecule has 5 aromatic carbocycles. The van der Waals surface area contributed by atoms with E-state index in [0.717, 1.165) is 43.5 Å². The first-order chi connectivity index (χ1) is 21.9. The minimum absolute atomic E-state index is 0.812. The van der Waals surface area contributed by atoms with Crippen LogP contribution in [0.5, 0.6) is 0 Å². The largest absolute Gasteiger partial charge is 0.399 e. The lowest BCUT2D eigenvalue weighted by molar-refractivity contribution is 0.606. The highest BCUT2D eigenvalue weighted by molar-refractivity contribution is 5.44. The van der Waals surface area contributed by atoms with Crippen LogP contribution in [0.15, 0.2) is 109 Å². The van der Waals surface area contributed by atoms with Gasteiger partial charge in [0.25, 0.3) is 0 Å². The van der Waals surface area contributed by atoms with Gasteiger partial charge in [-0.05, 0) is 125 Å².